The van der Waals surface area contributed by atoms with E-state index in [0.29, 0.717) is 17.7 Å². The Kier molecular flexibility index (Phi) is 5.37. The molecular weight excluding hydrogens is 367 g/mol. The molecule has 1 saturated heterocycles. The van der Waals surface area contributed by atoms with E-state index in [2.05, 4.69) is 15.0 Å². The van der Waals surface area contributed by atoms with Gasteiger partial charge in [0.1, 0.15) is 18.0 Å². The summed E-state index contributed by atoms with van der Waals surface area (Å²) in [6, 6.07) is 0. The van der Waals surface area contributed by atoms with Crippen LogP contribution in [0.2, 0.25) is 0 Å². The van der Waals surface area contributed by atoms with Crippen LogP contribution in [-0.2, 0) is 34.4 Å². The second kappa shape index (κ2) is 7.54. The third-order valence-corrected chi connectivity index (χ3v) is 5.10. The zero-order valence-corrected chi connectivity index (χ0v) is 14.9. The Bertz CT molecular complexity index is 845. The third-order valence-electron chi connectivity index (χ3n) is 3.59. The van der Waals surface area contributed by atoms with Crippen molar-refractivity contribution in [2.24, 2.45) is 0 Å². The molecule has 0 radical (unpaired) electrons. The molecule has 3 heterocycles. The molecule has 142 valence electrons. The Hall–Kier alpha value is -2.27. The van der Waals surface area contributed by atoms with Crippen LogP contribution in [0.1, 0.15) is 13.3 Å². The van der Waals surface area contributed by atoms with Gasteiger partial charge in [-0.15, -0.1) is 0 Å². The summed E-state index contributed by atoms with van der Waals surface area (Å²) in [5, 5.41) is 0. The SMILES string of the molecule is CCC(=O)OCOP1(=O)CO[C@@H](Cn2cnc3c(N)nc(N)nc32)CO1. The number of hydrogen-bond acceptors (Lipinski definition) is 11. The number of ether oxygens (including phenoxy) is 2. The van der Waals surface area contributed by atoms with Gasteiger partial charge in [0.2, 0.25) is 12.7 Å². The summed E-state index contributed by atoms with van der Waals surface area (Å²) in [5.41, 5.74) is 12.3. The van der Waals surface area contributed by atoms with Crippen molar-refractivity contribution in [1.82, 2.24) is 19.5 Å². The quantitative estimate of drug-likeness (QED) is 0.402. The van der Waals surface area contributed by atoms with Crippen molar-refractivity contribution < 1.29 is 27.9 Å². The highest BCUT2D eigenvalue weighted by Crippen LogP contribution is 2.50. The van der Waals surface area contributed by atoms with Gasteiger partial charge >= 0.3 is 13.6 Å². The molecule has 0 aromatic carbocycles. The van der Waals surface area contributed by atoms with Gasteiger partial charge in [-0.25, -0.2) is 4.98 Å². The van der Waals surface area contributed by atoms with E-state index in [9.17, 15) is 9.36 Å². The highest BCUT2D eigenvalue weighted by Gasteiger charge is 2.34. The van der Waals surface area contributed by atoms with Crippen LogP contribution in [0.3, 0.4) is 0 Å². The van der Waals surface area contributed by atoms with Gasteiger partial charge in [-0.2, -0.15) is 9.97 Å². The molecule has 1 fully saturated rings. The standard InChI is InChI=1S/C13H19N6O6P/c1-2-9(20)22-6-25-26(21)7-23-8(4-24-26)3-19-5-16-10-11(14)17-13(15)18-12(10)19/h5,8H,2-4,6-7H2,1H3,(H4,14,15,17,18)/t8-,26?/m0/s1. The first kappa shape index (κ1) is 18.5. The van der Waals surface area contributed by atoms with Crippen LogP contribution in [0.15, 0.2) is 6.33 Å². The number of aromatic nitrogens is 4. The van der Waals surface area contributed by atoms with E-state index in [0.717, 1.165) is 0 Å². The molecule has 4 N–H and O–H groups in total. The van der Waals surface area contributed by atoms with Crippen molar-refractivity contribution in [3.05, 3.63) is 6.33 Å². The van der Waals surface area contributed by atoms with Crippen molar-refractivity contribution in [2.45, 2.75) is 26.0 Å². The fourth-order valence-corrected chi connectivity index (χ4v) is 3.49. The second-order valence-electron chi connectivity index (χ2n) is 5.48. The normalized spacial score (nSPS) is 23.2. The monoisotopic (exact) mass is 386 g/mol. The number of hydrogen-bond donors (Lipinski definition) is 2. The molecule has 1 aliphatic heterocycles. The largest absolute Gasteiger partial charge is 0.438 e. The first-order valence-electron chi connectivity index (χ1n) is 7.79. The summed E-state index contributed by atoms with van der Waals surface area (Å²) in [5.74, 6) is -0.233. The zero-order chi connectivity index (χ0) is 18.7. The number of nitrogens with two attached hydrogens (primary N) is 2. The third kappa shape index (κ3) is 4.10. The van der Waals surface area contributed by atoms with Gasteiger partial charge in [0.25, 0.3) is 0 Å². The Morgan fingerprint density at radius 1 is 1.46 bits per heavy atom. The number of fused-ring (bicyclic) bond motifs is 1. The lowest BCUT2D eigenvalue weighted by molar-refractivity contribution is -0.150. The predicted octanol–water partition coefficient (Wildman–Crippen LogP) is 0.484. The minimum atomic E-state index is -3.46. The summed E-state index contributed by atoms with van der Waals surface area (Å²) in [7, 11) is -3.46. The van der Waals surface area contributed by atoms with Gasteiger partial charge in [-0.3, -0.25) is 13.9 Å². The maximum atomic E-state index is 12.3. The molecule has 1 unspecified atom stereocenters. The first-order valence-corrected chi connectivity index (χ1v) is 9.52. The average Bonchev–Trinajstić information content (AvgIpc) is 3.00. The van der Waals surface area contributed by atoms with Crippen molar-refractivity contribution in [3.8, 4) is 0 Å². The van der Waals surface area contributed by atoms with Crippen molar-refractivity contribution in [1.29, 1.82) is 0 Å². The van der Waals surface area contributed by atoms with Crippen LogP contribution in [0.4, 0.5) is 11.8 Å². The number of esters is 1. The number of carbonyl (C=O) groups is 1. The number of imidazole rings is 1. The molecule has 2 atom stereocenters. The van der Waals surface area contributed by atoms with E-state index in [1.165, 1.54) is 6.33 Å². The summed E-state index contributed by atoms with van der Waals surface area (Å²) < 4.78 is 34.6. The predicted molar refractivity (Wildman–Crippen MR) is 89.8 cm³/mol. The molecule has 0 bridgehead atoms. The molecule has 1 aliphatic rings. The van der Waals surface area contributed by atoms with Crippen LogP contribution in [0, 0.1) is 0 Å². The van der Waals surface area contributed by atoms with E-state index >= 15 is 0 Å². The van der Waals surface area contributed by atoms with Crippen molar-refractivity contribution >= 4 is 36.5 Å². The number of rotatable bonds is 6. The van der Waals surface area contributed by atoms with E-state index in [1.54, 1.807) is 11.5 Å². The first-order chi connectivity index (χ1) is 12.4. The van der Waals surface area contributed by atoms with E-state index in [4.69, 9.17) is 30.0 Å². The average molecular weight is 386 g/mol. The highest BCUT2D eigenvalue weighted by molar-refractivity contribution is 7.53. The van der Waals surface area contributed by atoms with E-state index < -0.39 is 26.5 Å². The van der Waals surface area contributed by atoms with Gasteiger partial charge in [0.05, 0.1) is 19.5 Å². The molecule has 0 amide bonds. The van der Waals surface area contributed by atoms with Gasteiger partial charge in [-0.05, 0) is 0 Å². The summed E-state index contributed by atoms with van der Waals surface area (Å²) >= 11 is 0. The van der Waals surface area contributed by atoms with E-state index in [1.807, 2.05) is 0 Å². The lowest BCUT2D eigenvalue weighted by atomic mass is 10.3. The van der Waals surface area contributed by atoms with Crippen LogP contribution in [0.5, 0.6) is 0 Å². The maximum absolute atomic E-state index is 12.3. The Labute approximate surface area is 148 Å². The fraction of sp³-hybridized carbons (Fsp3) is 0.538. The number of nitrogens with zero attached hydrogens (tertiary/aromatic N) is 4. The molecule has 2 aromatic heterocycles. The molecule has 3 rings (SSSR count). The van der Waals surface area contributed by atoms with Gasteiger partial charge in [-0.1, -0.05) is 6.92 Å². The molecule has 12 nitrogen and oxygen atoms in total. The van der Waals surface area contributed by atoms with Crippen LogP contribution < -0.4 is 11.5 Å². The van der Waals surface area contributed by atoms with Crippen LogP contribution in [-0.4, -0.2) is 51.3 Å². The zero-order valence-electron chi connectivity index (χ0n) is 14.0. The molecule has 13 heteroatoms. The maximum Gasteiger partial charge on any atom is 0.359 e. The number of anilines is 2. The van der Waals surface area contributed by atoms with Crippen LogP contribution >= 0.6 is 7.60 Å². The lowest BCUT2D eigenvalue weighted by Gasteiger charge is -2.28. The number of carbonyl (C=O) groups excluding carboxylic acids is 1. The summed E-state index contributed by atoms with van der Waals surface area (Å²) in [4.78, 5) is 23.2. The fourth-order valence-electron chi connectivity index (χ4n) is 2.27. The molecule has 26 heavy (non-hydrogen) atoms. The molecule has 0 aliphatic carbocycles. The van der Waals surface area contributed by atoms with Crippen LogP contribution in [0.25, 0.3) is 11.2 Å². The van der Waals surface area contributed by atoms with Crippen molar-refractivity contribution in [3.63, 3.8) is 0 Å². The van der Waals surface area contributed by atoms with Gasteiger partial charge in [0.15, 0.2) is 11.5 Å². The summed E-state index contributed by atoms with van der Waals surface area (Å²) in [6.45, 7) is 1.55. The topological polar surface area (TPSA) is 167 Å². The molecular formula is C13H19N6O6P. The lowest BCUT2D eigenvalue weighted by Crippen LogP contribution is -2.30. The number of nitrogen functional groups attached to an aromatic ring is 2. The highest BCUT2D eigenvalue weighted by atomic mass is 31.2. The second-order valence-corrected chi connectivity index (χ2v) is 7.47. The minimum Gasteiger partial charge on any atom is -0.438 e. The van der Waals surface area contributed by atoms with Gasteiger partial charge < -0.3 is 30.0 Å². The van der Waals surface area contributed by atoms with Gasteiger partial charge in [0, 0.05) is 6.42 Å². The summed E-state index contributed by atoms with van der Waals surface area (Å²) in [6.07, 6.45) is 1.07. The molecule has 2 aromatic rings. The Morgan fingerprint density at radius 3 is 2.96 bits per heavy atom. The smallest absolute Gasteiger partial charge is 0.359 e. The minimum absolute atomic E-state index is 0.0225. The molecule has 0 saturated carbocycles. The molecule has 0 spiro atoms. The van der Waals surface area contributed by atoms with E-state index in [-0.39, 0.29) is 31.1 Å². The van der Waals surface area contributed by atoms with Crippen molar-refractivity contribution in [2.75, 3.05) is 31.2 Å². The Morgan fingerprint density at radius 2 is 2.27 bits per heavy atom. The Balaban J connectivity index is 1.57.